The summed E-state index contributed by atoms with van der Waals surface area (Å²) in [6.45, 7) is 3.95. The van der Waals surface area contributed by atoms with Gasteiger partial charge in [0.15, 0.2) is 0 Å². The molecule has 1 aromatic heterocycles. The van der Waals surface area contributed by atoms with E-state index in [4.69, 9.17) is 17.4 Å². The van der Waals surface area contributed by atoms with Crippen molar-refractivity contribution in [3.63, 3.8) is 0 Å². The molecule has 1 unspecified atom stereocenters. The first-order valence-corrected chi connectivity index (χ1v) is 6.14. The van der Waals surface area contributed by atoms with Gasteiger partial charge in [-0.25, -0.2) is 5.43 Å². The van der Waals surface area contributed by atoms with Gasteiger partial charge in [0.25, 0.3) is 0 Å². The second kappa shape index (κ2) is 5.48. The van der Waals surface area contributed by atoms with Gasteiger partial charge in [-0.15, -0.1) is 0 Å². The predicted octanol–water partition coefficient (Wildman–Crippen LogP) is 2.90. The standard InChI is InChI=1S/C14H16ClN3/c1-9-6-12(7-10(2)17-9)14(18-16)11-4-3-5-13(15)8-11/h3-8,14,18H,16H2,1-2H3. The average Bonchev–Trinajstić information content (AvgIpc) is 2.28. The number of aromatic nitrogens is 1. The Morgan fingerprint density at radius 3 is 2.33 bits per heavy atom. The zero-order valence-corrected chi connectivity index (χ0v) is 11.2. The van der Waals surface area contributed by atoms with Crippen molar-refractivity contribution in [2.45, 2.75) is 19.9 Å². The van der Waals surface area contributed by atoms with E-state index in [2.05, 4.69) is 10.4 Å². The van der Waals surface area contributed by atoms with Crippen LogP contribution in [-0.4, -0.2) is 4.98 Å². The van der Waals surface area contributed by atoms with Gasteiger partial charge in [-0.3, -0.25) is 10.8 Å². The SMILES string of the molecule is Cc1cc(C(NN)c2cccc(Cl)c2)cc(C)n1. The summed E-state index contributed by atoms with van der Waals surface area (Å²) in [5.74, 6) is 5.67. The van der Waals surface area contributed by atoms with E-state index >= 15 is 0 Å². The summed E-state index contributed by atoms with van der Waals surface area (Å²) in [7, 11) is 0. The van der Waals surface area contributed by atoms with Gasteiger partial charge in [0, 0.05) is 16.4 Å². The Hall–Kier alpha value is -1.42. The number of hydrogen-bond donors (Lipinski definition) is 2. The van der Waals surface area contributed by atoms with Crippen molar-refractivity contribution in [2.24, 2.45) is 5.84 Å². The third kappa shape index (κ3) is 2.88. The summed E-state index contributed by atoms with van der Waals surface area (Å²) in [6.07, 6.45) is 0. The molecule has 0 fully saturated rings. The number of benzene rings is 1. The summed E-state index contributed by atoms with van der Waals surface area (Å²) in [5.41, 5.74) is 6.91. The lowest BCUT2D eigenvalue weighted by atomic mass is 9.99. The van der Waals surface area contributed by atoms with Crippen LogP contribution in [0.15, 0.2) is 36.4 Å². The van der Waals surface area contributed by atoms with Crippen LogP contribution in [0, 0.1) is 13.8 Å². The van der Waals surface area contributed by atoms with Crippen LogP contribution in [0.1, 0.15) is 28.6 Å². The third-order valence-electron chi connectivity index (χ3n) is 2.79. The Bertz CT molecular complexity index is 534. The van der Waals surface area contributed by atoms with Crippen LogP contribution in [0.3, 0.4) is 0 Å². The molecule has 0 bridgehead atoms. The zero-order valence-electron chi connectivity index (χ0n) is 10.4. The number of rotatable bonds is 3. The Labute approximate surface area is 112 Å². The van der Waals surface area contributed by atoms with Gasteiger partial charge >= 0.3 is 0 Å². The van der Waals surface area contributed by atoms with E-state index in [0.717, 1.165) is 22.5 Å². The maximum Gasteiger partial charge on any atom is 0.0711 e. The van der Waals surface area contributed by atoms with Crippen molar-refractivity contribution in [2.75, 3.05) is 0 Å². The van der Waals surface area contributed by atoms with Crippen molar-refractivity contribution in [1.82, 2.24) is 10.4 Å². The van der Waals surface area contributed by atoms with Crippen LogP contribution in [-0.2, 0) is 0 Å². The Kier molecular flexibility index (Phi) is 3.97. The fourth-order valence-electron chi connectivity index (χ4n) is 2.10. The van der Waals surface area contributed by atoms with E-state index in [1.807, 2.05) is 50.2 Å². The largest absolute Gasteiger partial charge is 0.271 e. The molecule has 1 aromatic carbocycles. The first kappa shape index (κ1) is 13.0. The summed E-state index contributed by atoms with van der Waals surface area (Å²) in [6, 6.07) is 11.7. The van der Waals surface area contributed by atoms with E-state index in [1.54, 1.807) is 0 Å². The first-order valence-electron chi connectivity index (χ1n) is 5.77. The van der Waals surface area contributed by atoms with Crippen molar-refractivity contribution in [1.29, 1.82) is 0 Å². The van der Waals surface area contributed by atoms with E-state index in [9.17, 15) is 0 Å². The number of pyridine rings is 1. The lowest BCUT2D eigenvalue weighted by molar-refractivity contribution is 0.635. The molecule has 2 rings (SSSR count). The third-order valence-corrected chi connectivity index (χ3v) is 3.02. The quantitative estimate of drug-likeness (QED) is 0.660. The number of halogens is 1. The van der Waals surface area contributed by atoms with E-state index in [1.165, 1.54) is 0 Å². The Morgan fingerprint density at radius 2 is 1.78 bits per heavy atom. The zero-order chi connectivity index (χ0) is 13.1. The summed E-state index contributed by atoms with van der Waals surface area (Å²) in [5, 5.41) is 0.704. The smallest absolute Gasteiger partial charge is 0.0711 e. The second-order valence-corrected chi connectivity index (χ2v) is 4.77. The molecule has 1 atom stereocenters. The Morgan fingerprint density at radius 1 is 1.11 bits per heavy atom. The van der Waals surface area contributed by atoms with E-state index in [0.29, 0.717) is 5.02 Å². The molecule has 2 aromatic rings. The molecule has 0 saturated carbocycles. The van der Waals surface area contributed by atoms with Crippen LogP contribution >= 0.6 is 11.6 Å². The molecule has 94 valence electrons. The van der Waals surface area contributed by atoms with Crippen molar-refractivity contribution in [3.8, 4) is 0 Å². The van der Waals surface area contributed by atoms with Crippen molar-refractivity contribution >= 4 is 11.6 Å². The Balaban J connectivity index is 2.45. The predicted molar refractivity (Wildman–Crippen MR) is 74.3 cm³/mol. The fourth-order valence-corrected chi connectivity index (χ4v) is 2.30. The molecule has 0 radical (unpaired) electrons. The van der Waals surface area contributed by atoms with E-state index in [-0.39, 0.29) is 6.04 Å². The molecule has 0 spiro atoms. The van der Waals surface area contributed by atoms with Crippen LogP contribution < -0.4 is 11.3 Å². The molecule has 3 N–H and O–H groups in total. The van der Waals surface area contributed by atoms with Gasteiger partial charge in [-0.1, -0.05) is 23.7 Å². The van der Waals surface area contributed by atoms with E-state index < -0.39 is 0 Å². The highest BCUT2D eigenvalue weighted by Gasteiger charge is 2.13. The number of hydrazine groups is 1. The lowest BCUT2D eigenvalue weighted by Crippen LogP contribution is -2.29. The molecule has 3 nitrogen and oxygen atoms in total. The summed E-state index contributed by atoms with van der Waals surface area (Å²) >= 11 is 6.01. The van der Waals surface area contributed by atoms with Crippen LogP contribution in [0.25, 0.3) is 0 Å². The monoisotopic (exact) mass is 261 g/mol. The number of hydrogen-bond acceptors (Lipinski definition) is 3. The highest BCUT2D eigenvalue weighted by atomic mass is 35.5. The second-order valence-electron chi connectivity index (χ2n) is 4.34. The molecule has 0 aliphatic heterocycles. The lowest BCUT2D eigenvalue weighted by Gasteiger charge is -2.18. The number of nitrogens with one attached hydrogen (secondary N) is 1. The molecule has 1 heterocycles. The maximum atomic E-state index is 6.01. The van der Waals surface area contributed by atoms with Gasteiger partial charge in [0.05, 0.1) is 6.04 Å². The molecule has 18 heavy (non-hydrogen) atoms. The molecule has 0 saturated heterocycles. The molecule has 0 aliphatic rings. The normalized spacial score (nSPS) is 12.4. The van der Waals surface area contributed by atoms with Gasteiger partial charge in [0.1, 0.15) is 0 Å². The van der Waals surface area contributed by atoms with Crippen LogP contribution in [0.4, 0.5) is 0 Å². The molecule has 0 amide bonds. The van der Waals surface area contributed by atoms with Gasteiger partial charge in [0.2, 0.25) is 0 Å². The van der Waals surface area contributed by atoms with Gasteiger partial charge in [-0.05, 0) is 49.2 Å². The van der Waals surface area contributed by atoms with Crippen molar-refractivity contribution in [3.05, 3.63) is 63.9 Å². The van der Waals surface area contributed by atoms with Crippen molar-refractivity contribution < 1.29 is 0 Å². The minimum absolute atomic E-state index is 0.0795. The van der Waals surface area contributed by atoms with Crippen LogP contribution in [0.5, 0.6) is 0 Å². The van der Waals surface area contributed by atoms with Gasteiger partial charge < -0.3 is 0 Å². The highest BCUT2D eigenvalue weighted by Crippen LogP contribution is 2.24. The minimum Gasteiger partial charge on any atom is -0.271 e. The number of nitrogens with two attached hydrogens (primary N) is 1. The molecular weight excluding hydrogens is 246 g/mol. The van der Waals surface area contributed by atoms with Crippen LogP contribution in [0.2, 0.25) is 5.02 Å². The highest BCUT2D eigenvalue weighted by molar-refractivity contribution is 6.30. The molecular formula is C14H16ClN3. The maximum absolute atomic E-state index is 6.01. The average molecular weight is 262 g/mol. The number of aryl methyl sites for hydroxylation is 2. The first-order chi connectivity index (χ1) is 8.60. The summed E-state index contributed by atoms with van der Waals surface area (Å²) < 4.78 is 0. The summed E-state index contributed by atoms with van der Waals surface area (Å²) in [4.78, 5) is 4.37. The van der Waals surface area contributed by atoms with Gasteiger partial charge in [-0.2, -0.15) is 0 Å². The minimum atomic E-state index is -0.0795. The molecule has 0 aliphatic carbocycles. The topological polar surface area (TPSA) is 50.9 Å². The molecule has 4 heteroatoms. The number of nitrogens with zero attached hydrogens (tertiary/aromatic N) is 1. The fraction of sp³-hybridized carbons (Fsp3) is 0.214.